The average molecular weight is 233 g/mol. The number of methoxy groups -OCH3 is 1. The maximum atomic E-state index is 5.95. The van der Waals surface area contributed by atoms with Crippen LogP contribution in [0.3, 0.4) is 0 Å². The SMILES string of the molecule is COCc1nc2c(N)cccc2n1CC(C)C. The van der Waals surface area contributed by atoms with Crippen molar-refractivity contribution in [2.24, 2.45) is 5.92 Å². The number of aromatic nitrogens is 2. The smallest absolute Gasteiger partial charge is 0.136 e. The van der Waals surface area contributed by atoms with Crippen LogP contribution in [0.5, 0.6) is 0 Å². The Balaban J connectivity index is 2.58. The standard InChI is InChI=1S/C13H19N3O/c1-9(2)7-16-11-6-4-5-10(14)13(11)15-12(16)8-17-3/h4-6,9H,7-8,14H2,1-3H3. The average Bonchev–Trinajstić information content (AvgIpc) is 2.59. The Bertz CT molecular complexity index is 517. The van der Waals surface area contributed by atoms with Gasteiger partial charge in [-0.05, 0) is 18.1 Å². The molecule has 2 N–H and O–H groups in total. The zero-order chi connectivity index (χ0) is 12.4. The largest absolute Gasteiger partial charge is 0.397 e. The van der Waals surface area contributed by atoms with E-state index in [1.807, 2.05) is 12.1 Å². The van der Waals surface area contributed by atoms with E-state index in [2.05, 4.69) is 29.5 Å². The minimum atomic E-state index is 0.515. The molecular weight excluding hydrogens is 214 g/mol. The van der Waals surface area contributed by atoms with Crippen LogP contribution in [0.1, 0.15) is 19.7 Å². The summed E-state index contributed by atoms with van der Waals surface area (Å²) in [6.45, 7) is 5.82. The van der Waals surface area contributed by atoms with Gasteiger partial charge in [0, 0.05) is 13.7 Å². The lowest BCUT2D eigenvalue weighted by Gasteiger charge is -2.11. The van der Waals surface area contributed by atoms with Crippen LogP contribution in [-0.4, -0.2) is 16.7 Å². The van der Waals surface area contributed by atoms with Crippen molar-refractivity contribution in [1.29, 1.82) is 0 Å². The summed E-state index contributed by atoms with van der Waals surface area (Å²) >= 11 is 0. The molecule has 1 heterocycles. The van der Waals surface area contributed by atoms with Crippen LogP contribution in [-0.2, 0) is 17.9 Å². The van der Waals surface area contributed by atoms with Crippen molar-refractivity contribution in [3.05, 3.63) is 24.0 Å². The summed E-state index contributed by atoms with van der Waals surface area (Å²) in [5, 5.41) is 0. The molecular formula is C13H19N3O. The lowest BCUT2D eigenvalue weighted by molar-refractivity contribution is 0.174. The number of para-hydroxylation sites is 1. The Morgan fingerprint density at radius 3 is 2.82 bits per heavy atom. The van der Waals surface area contributed by atoms with Crippen LogP contribution in [0.15, 0.2) is 18.2 Å². The first-order valence-electron chi connectivity index (χ1n) is 5.86. The van der Waals surface area contributed by atoms with Gasteiger partial charge in [-0.1, -0.05) is 19.9 Å². The van der Waals surface area contributed by atoms with Crippen molar-refractivity contribution < 1.29 is 4.74 Å². The summed E-state index contributed by atoms with van der Waals surface area (Å²) < 4.78 is 7.39. The molecule has 1 aromatic heterocycles. The molecule has 0 fully saturated rings. The normalized spacial score (nSPS) is 11.5. The van der Waals surface area contributed by atoms with E-state index in [-0.39, 0.29) is 0 Å². The Kier molecular flexibility index (Phi) is 3.33. The zero-order valence-corrected chi connectivity index (χ0v) is 10.6. The second-order valence-corrected chi connectivity index (χ2v) is 4.68. The van der Waals surface area contributed by atoms with Crippen molar-refractivity contribution in [3.63, 3.8) is 0 Å². The van der Waals surface area contributed by atoms with Gasteiger partial charge in [0.1, 0.15) is 17.9 Å². The van der Waals surface area contributed by atoms with E-state index < -0.39 is 0 Å². The van der Waals surface area contributed by atoms with Gasteiger partial charge in [-0.15, -0.1) is 0 Å². The van der Waals surface area contributed by atoms with E-state index in [1.54, 1.807) is 7.11 Å². The van der Waals surface area contributed by atoms with Crippen molar-refractivity contribution in [1.82, 2.24) is 9.55 Å². The molecule has 17 heavy (non-hydrogen) atoms. The Morgan fingerprint density at radius 1 is 1.41 bits per heavy atom. The van der Waals surface area contributed by atoms with Gasteiger partial charge in [0.2, 0.25) is 0 Å². The van der Waals surface area contributed by atoms with Crippen molar-refractivity contribution in [2.45, 2.75) is 27.0 Å². The van der Waals surface area contributed by atoms with Crippen LogP contribution < -0.4 is 5.73 Å². The van der Waals surface area contributed by atoms with E-state index in [0.29, 0.717) is 12.5 Å². The molecule has 0 amide bonds. The molecule has 0 spiro atoms. The molecule has 0 radical (unpaired) electrons. The van der Waals surface area contributed by atoms with Gasteiger partial charge >= 0.3 is 0 Å². The number of hydrogen-bond acceptors (Lipinski definition) is 3. The zero-order valence-electron chi connectivity index (χ0n) is 10.6. The number of fused-ring (bicyclic) bond motifs is 1. The number of nitrogen functional groups attached to an aromatic ring is 1. The van der Waals surface area contributed by atoms with E-state index in [0.717, 1.165) is 29.1 Å². The van der Waals surface area contributed by atoms with Gasteiger partial charge in [0.25, 0.3) is 0 Å². The molecule has 4 nitrogen and oxygen atoms in total. The van der Waals surface area contributed by atoms with Crippen LogP contribution in [0.25, 0.3) is 11.0 Å². The fraction of sp³-hybridized carbons (Fsp3) is 0.462. The molecule has 0 saturated carbocycles. The number of rotatable bonds is 4. The lowest BCUT2D eigenvalue weighted by atomic mass is 10.2. The number of imidazole rings is 1. The molecule has 0 aliphatic carbocycles. The third-order valence-electron chi connectivity index (χ3n) is 2.71. The second kappa shape index (κ2) is 4.75. The van der Waals surface area contributed by atoms with Crippen LogP contribution in [0.2, 0.25) is 0 Å². The van der Waals surface area contributed by atoms with Gasteiger partial charge in [0.15, 0.2) is 0 Å². The molecule has 0 unspecified atom stereocenters. The highest BCUT2D eigenvalue weighted by Gasteiger charge is 2.12. The Hall–Kier alpha value is -1.55. The first kappa shape index (κ1) is 11.9. The fourth-order valence-electron chi connectivity index (χ4n) is 2.02. The number of nitrogens with two attached hydrogens (primary N) is 1. The highest BCUT2D eigenvalue weighted by molar-refractivity contribution is 5.87. The molecule has 92 valence electrons. The van der Waals surface area contributed by atoms with Crippen molar-refractivity contribution in [2.75, 3.05) is 12.8 Å². The maximum absolute atomic E-state index is 5.95. The molecule has 2 aromatic rings. The van der Waals surface area contributed by atoms with Gasteiger partial charge in [0.05, 0.1) is 11.2 Å². The maximum Gasteiger partial charge on any atom is 0.136 e. The summed E-state index contributed by atoms with van der Waals surface area (Å²) in [6.07, 6.45) is 0. The summed E-state index contributed by atoms with van der Waals surface area (Å²) in [7, 11) is 1.68. The van der Waals surface area contributed by atoms with E-state index >= 15 is 0 Å². The number of nitrogens with zero attached hydrogens (tertiary/aromatic N) is 2. The van der Waals surface area contributed by atoms with Gasteiger partial charge in [-0.2, -0.15) is 0 Å². The molecule has 2 rings (SSSR count). The first-order chi connectivity index (χ1) is 8.13. The molecule has 4 heteroatoms. The van der Waals surface area contributed by atoms with Gasteiger partial charge in [-0.3, -0.25) is 0 Å². The third-order valence-corrected chi connectivity index (χ3v) is 2.71. The second-order valence-electron chi connectivity index (χ2n) is 4.68. The minimum absolute atomic E-state index is 0.515. The van der Waals surface area contributed by atoms with E-state index in [4.69, 9.17) is 10.5 Å². The molecule has 0 bridgehead atoms. The summed E-state index contributed by atoms with van der Waals surface area (Å²) in [5.74, 6) is 1.50. The highest BCUT2D eigenvalue weighted by Crippen LogP contribution is 2.23. The van der Waals surface area contributed by atoms with Gasteiger partial charge in [-0.25, -0.2) is 4.98 Å². The highest BCUT2D eigenvalue weighted by atomic mass is 16.5. The van der Waals surface area contributed by atoms with Gasteiger partial charge < -0.3 is 15.0 Å². The third kappa shape index (κ3) is 2.26. The Morgan fingerprint density at radius 2 is 2.18 bits per heavy atom. The molecule has 0 atom stereocenters. The number of hydrogen-bond donors (Lipinski definition) is 1. The molecule has 0 aliphatic rings. The lowest BCUT2D eigenvalue weighted by Crippen LogP contribution is -2.09. The van der Waals surface area contributed by atoms with E-state index in [9.17, 15) is 0 Å². The van der Waals surface area contributed by atoms with Crippen LogP contribution in [0.4, 0.5) is 5.69 Å². The first-order valence-corrected chi connectivity index (χ1v) is 5.86. The minimum Gasteiger partial charge on any atom is -0.397 e. The number of anilines is 1. The van der Waals surface area contributed by atoms with E-state index in [1.165, 1.54) is 0 Å². The molecule has 1 aromatic carbocycles. The summed E-state index contributed by atoms with van der Waals surface area (Å²) in [5.41, 5.74) is 8.64. The van der Waals surface area contributed by atoms with Crippen LogP contribution in [0, 0.1) is 5.92 Å². The predicted molar refractivity (Wildman–Crippen MR) is 69.7 cm³/mol. The van der Waals surface area contributed by atoms with Crippen molar-refractivity contribution in [3.8, 4) is 0 Å². The summed E-state index contributed by atoms with van der Waals surface area (Å²) in [4.78, 5) is 4.57. The van der Waals surface area contributed by atoms with Crippen molar-refractivity contribution >= 4 is 16.7 Å². The Labute approximate surface area is 101 Å². The fourth-order valence-corrected chi connectivity index (χ4v) is 2.02. The molecule has 0 saturated heterocycles. The quantitative estimate of drug-likeness (QED) is 0.825. The number of benzene rings is 1. The molecule has 0 aliphatic heterocycles. The topological polar surface area (TPSA) is 53.1 Å². The summed E-state index contributed by atoms with van der Waals surface area (Å²) in [6, 6.07) is 5.90. The van der Waals surface area contributed by atoms with Crippen LogP contribution >= 0.6 is 0 Å². The predicted octanol–water partition coefficient (Wildman–Crippen LogP) is 2.42. The number of ether oxygens (including phenoxy) is 1. The monoisotopic (exact) mass is 233 g/mol.